The van der Waals surface area contributed by atoms with Crippen LogP contribution in [0.4, 0.5) is 17.7 Å². The number of aromatic nitrogens is 4. The van der Waals surface area contributed by atoms with Crippen molar-refractivity contribution >= 4 is 27.7 Å². The molecule has 0 atom stereocenters. The number of morpholine rings is 1. The molecule has 3 aliphatic rings. The maximum atomic E-state index is 11.9. The Morgan fingerprint density at radius 2 is 1.77 bits per heavy atom. The highest BCUT2D eigenvalue weighted by molar-refractivity contribution is 7.88. The number of fused-ring (bicyclic) bond motifs is 1. The highest BCUT2D eigenvalue weighted by Crippen LogP contribution is 2.41. The molecule has 5 heterocycles. The van der Waals surface area contributed by atoms with Crippen LogP contribution in [0.3, 0.4) is 0 Å². The smallest absolute Gasteiger partial charge is 0.228 e. The van der Waals surface area contributed by atoms with Gasteiger partial charge in [0, 0.05) is 56.2 Å². The van der Waals surface area contributed by atoms with E-state index in [1.807, 2.05) is 0 Å². The number of rotatable bonds is 4. The summed E-state index contributed by atoms with van der Waals surface area (Å²) in [7, 11) is -3.20. The minimum atomic E-state index is -3.20. The van der Waals surface area contributed by atoms with Crippen molar-refractivity contribution in [2.45, 2.75) is 18.9 Å². The molecule has 2 N–H and O–H groups in total. The standard InChI is InChI=1S/C19H26N8O3S/c1-19(11-26(12-19)31(2,28)29)27-4-3-14-15(13-9-21-17(20)22-10-13)23-18(24-16(14)27)25-5-7-30-8-6-25/h9-10H,3-8,11-12H2,1-2H3,(H2,20,21,22). The van der Waals surface area contributed by atoms with Crippen LogP contribution in [0, 0.1) is 0 Å². The normalized spacial score (nSPS) is 21.1. The second-order valence-corrected chi connectivity index (χ2v) is 10.5. The lowest BCUT2D eigenvalue weighted by atomic mass is 9.93. The van der Waals surface area contributed by atoms with Crippen LogP contribution in [0.2, 0.25) is 0 Å². The first kappa shape index (κ1) is 20.3. The molecule has 0 bridgehead atoms. The molecule has 0 saturated carbocycles. The molecule has 12 heteroatoms. The molecule has 3 aliphatic heterocycles. The second-order valence-electron chi connectivity index (χ2n) is 8.53. The summed E-state index contributed by atoms with van der Waals surface area (Å²) in [6.07, 6.45) is 5.40. The SMILES string of the molecule is CC1(N2CCc3c(-c4cnc(N)nc4)nc(N4CCOCC4)nc32)CN(S(C)(=O)=O)C1. The number of anilines is 3. The molecule has 166 valence electrons. The lowest BCUT2D eigenvalue weighted by molar-refractivity contribution is 0.122. The van der Waals surface area contributed by atoms with Gasteiger partial charge in [0.05, 0.1) is 30.7 Å². The number of ether oxygens (including phenoxy) is 1. The van der Waals surface area contributed by atoms with Crippen LogP contribution in [0.5, 0.6) is 0 Å². The molecule has 2 saturated heterocycles. The Morgan fingerprint density at radius 3 is 2.42 bits per heavy atom. The van der Waals surface area contributed by atoms with Gasteiger partial charge in [-0.2, -0.15) is 9.29 Å². The summed E-state index contributed by atoms with van der Waals surface area (Å²) < 4.78 is 30.8. The van der Waals surface area contributed by atoms with Crippen molar-refractivity contribution in [2.24, 2.45) is 0 Å². The van der Waals surface area contributed by atoms with Crippen molar-refractivity contribution < 1.29 is 13.2 Å². The molecule has 0 amide bonds. The molecule has 2 aromatic rings. The largest absolute Gasteiger partial charge is 0.378 e. The Balaban J connectivity index is 1.56. The number of sulfonamides is 1. The van der Waals surface area contributed by atoms with E-state index in [2.05, 4.69) is 26.7 Å². The minimum absolute atomic E-state index is 0.215. The molecular formula is C19H26N8O3S. The highest BCUT2D eigenvalue weighted by Gasteiger charge is 2.50. The number of hydrogen-bond donors (Lipinski definition) is 1. The Hall–Kier alpha value is -2.57. The van der Waals surface area contributed by atoms with Gasteiger partial charge in [0.1, 0.15) is 5.82 Å². The average Bonchev–Trinajstić information content (AvgIpc) is 3.16. The van der Waals surface area contributed by atoms with E-state index in [1.54, 1.807) is 12.4 Å². The molecule has 11 nitrogen and oxygen atoms in total. The maximum absolute atomic E-state index is 11.9. The van der Waals surface area contributed by atoms with Crippen molar-refractivity contribution in [3.8, 4) is 11.3 Å². The Bertz CT molecular complexity index is 1100. The lowest BCUT2D eigenvalue weighted by Crippen LogP contribution is -2.69. The Morgan fingerprint density at radius 1 is 1.10 bits per heavy atom. The molecule has 2 aromatic heterocycles. The van der Waals surface area contributed by atoms with E-state index in [0.29, 0.717) is 32.3 Å². The fraction of sp³-hybridized carbons (Fsp3) is 0.579. The van der Waals surface area contributed by atoms with Gasteiger partial charge < -0.3 is 20.3 Å². The number of nitrogens with two attached hydrogens (primary N) is 1. The van der Waals surface area contributed by atoms with E-state index in [1.165, 1.54) is 10.6 Å². The van der Waals surface area contributed by atoms with E-state index in [0.717, 1.165) is 48.7 Å². The zero-order chi connectivity index (χ0) is 21.8. The summed E-state index contributed by atoms with van der Waals surface area (Å²) in [6.45, 7) is 6.44. The third-order valence-corrected chi connectivity index (χ3v) is 7.40. The first-order chi connectivity index (χ1) is 14.7. The first-order valence-electron chi connectivity index (χ1n) is 10.3. The molecule has 2 fully saturated rings. The Kier molecular flexibility index (Phi) is 4.75. The van der Waals surface area contributed by atoms with Gasteiger partial charge in [-0.1, -0.05) is 0 Å². The van der Waals surface area contributed by atoms with Gasteiger partial charge in [0.25, 0.3) is 0 Å². The molecule has 0 aromatic carbocycles. The fourth-order valence-electron chi connectivity index (χ4n) is 4.49. The van der Waals surface area contributed by atoms with Crippen LogP contribution in [0.25, 0.3) is 11.3 Å². The fourth-order valence-corrected chi connectivity index (χ4v) is 5.52. The van der Waals surface area contributed by atoms with Crippen molar-refractivity contribution in [1.29, 1.82) is 0 Å². The van der Waals surface area contributed by atoms with Gasteiger partial charge in [0.2, 0.25) is 21.9 Å². The summed E-state index contributed by atoms with van der Waals surface area (Å²) >= 11 is 0. The molecule has 0 aliphatic carbocycles. The van der Waals surface area contributed by atoms with Crippen LogP contribution in [-0.2, 0) is 21.2 Å². The average molecular weight is 447 g/mol. The maximum Gasteiger partial charge on any atom is 0.228 e. The monoisotopic (exact) mass is 446 g/mol. The molecule has 0 unspecified atom stereocenters. The zero-order valence-corrected chi connectivity index (χ0v) is 18.5. The van der Waals surface area contributed by atoms with Crippen molar-refractivity contribution in [3.63, 3.8) is 0 Å². The van der Waals surface area contributed by atoms with Crippen molar-refractivity contribution in [1.82, 2.24) is 24.2 Å². The quantitative estimate of drug-likeness (QED) is 0.671. The number of nitrogens with zero attached hydrogens (tertiary/aromatic N) is 7. The summed E-state index contributed by atoms with van der Waals surface area (Å²) in [4.78, 5) is 22.5. The van der Waals surface area contributed by atoms with Crippen LogP contribution < -0.4 is 15.5 Å². The third-order valence-electron chi connectivity index (χ3n) is 6.21. The lowest BCUT2D eigenvalue weighted by Gasteiger charge is -2.52. The van der Waals surface area contributed by atoms with Gasteiger partial charge in [-0.3, -0.25) is 0 Å². The first-order valence-corrected chi connectivity index (χ1v) is 12.1. The van der Waals surface area contributed by atoms with Crippen molar-refractivity contribution in [2.75, 3.05) is 67.7 Å². The summed E-state index contributed by atoms with van der Waals surface area (Å²) in [5, 5.41) is 0. The highest BCUT2D eigenvalue weighted by atomic mass is 32.2. The van der Waals surface area contributed by atoms with Gasteiger partial charge in [0.15, 0.2) is 0 Å². The topological polar surface area (TPSA) is 131 Å². The van der Waals surface area contributed by atoms with E-state index in [9.17, 15) is 8.42 Å². The summed E-state index contributed by atoms with van der Waals surface area (Å²) in [5.41, 5.74) is 8.00. The van der Waals surface area contributed by atoms with Gasteiger partial charge in [-0.05, 0) is 13.3 Å². The summed E-state index contributed by atoms with van der Waals surface area (Å²) in [6, 6.07) is 0. The predicted octanol–water partition coefficient (Wildman–Crippen LogP) is -0.251. The third kappa shape index (κ3) is 3.58. The summed E-state index contributed by atoms with van der Waals surface area (Å²) in [5.74, 6) is 1.72. The molecule has 0 radical (unpaired) electrons. The molecule has 31 heavy (non-hydrogen) atoms. The van der Waals surface area contributed by atoms with Gasteiger partial charge >= 0.3 is 0 Å². The number of hydrogen-bond acceptors (Lipinski definition) is 10. The predicted molar refractivity (Wildman–Crippen MR) is 116 cm³/mol. The van der Waals surface area contributed by atoms with Crippen LogP contribution in [0.1, 0.15) is 12.5 Å². The van der Waals surface area contributed by atoms with Crippen LogP contribution in [0.15, 0.2) is 12.4 Å². The zero-order valence-electron chi connectivity index (χ0n) is 17.7. The number of nitrogen functional groups attached to an aromatic ring is 1. The van der Waals surface area contributed by atoms with Gasteiger partial charge in [-0.15, -0.1) is 0 Å². The van der Waals surface area contributed by atoms with E-state index < -0.39 is 10.0 Å². The molecule has 5 rings (SSSR count). The van der Waals surface area contributed by atoms with E-state index >= 15 is 0 Å². The second kappa shape index (κ2) is 7.24. The van der Waals surface area contributed by atoms with Crippen molar-refractivity contribution in [3.05, 3.63) is 18.0 Å². The molecular weight excluding hydrogens is 420 g/mol. The molecule has 0 spiro atoms. The van der Waals surface area contributed by atoms with Crippen LogP contribution in [-0.4, -0.2) is 90.4 Å². The minimum Gasteiger partial charge on any atom is -0.378 e. The van der Waals surface area contributed by atoms with E-state index in [4.69, 9.17) is 20.4 Å². The Labute approximate surface area is 181 Å². The van der Waals surface area contributed by atoms with Crippen LogP contribution >= 0.6 is 0 Å². The van der Waals surface area contributed by atoms with Gasteiger partial charge in [-0.25, -0.2) is 23.4 Å². The van der Waals surface area contributed by atoms with E-state index in [-0.39, 0.29) is 11.5 Å².